The van der Waals surface area contributed by atoms with E-state index in [1.54, 1.807) is 81.2 Å². The van der Waals surface area contributed by atoms with Gasteiger partial charge in [0.15, 0.2) is 5.78 Å². The van der Waals surface area contributed by atoms with E-state index in [1.807, 2.05) is 67.5 Å². The van der Waals surface area contributed by atoms with Crippen molar-refractivity contribution >= 4 is 64.9 Å². The molecule has 1 aliphatic rings. The van der Waals surface area contributed by atoms with Crippen molar-refractivity contribution in [1.29, 1.82) is 0 Å². The van der Waals surface area contributed by atoms with Gasteiger partial charge in [0.2, 0.25) is 59.1 Å². The molecule has 0 bridgehead atoms. The fourth-order valence-corrected chi connectivity index (χ4v) is 12.1. The van der Waals surface area contributed by atoms with Gasteiger partial charge in [0.05, 0.1) is 30.7 Å². The van der Waals surface area contributed by atoms with Gasteiger partial charge in [-0.25, -0.2) is 0 Å². The number of hydrogen-bond acceptors (Lipinski definition) is 13. The molecule has 0 unspecified atom stereocenters. The van der Waals surface area contributed by atoms with Crippen molar-refractivity contribution in [1.82, 2.24) is 55.6 Å². The summed E-state index contributed by atoms with van der Waals surface area (Å²) in [6.45, 7) is 24.9. The second kappa shape index (κ2) is 37.7. The molecule has 0 saturated carbocycles. The van der Waals surface area contributed by atoms with Crippen LogP contribution in [0.25, 0.3) is 0 Å². The van der Waals surface area contributed by atoms with Crippen LogP contribution in [-0.2, 0) is 65.6 Å². The van der Waals surface area contributed by atoms with Crippen molar-refractivity contribution in [2.45, 2.75) is 215 Å². The third-order valence-electron chi connectivity index (χ3n) is 18.2. The zero-order chi connectivity index (χ0) is 71.3. The van der Waals surface area contributed by atoms with E-state index in [9.17, 15) is 48.3 Å². The van der Waals surface area contributed by atoms with E-state index in [4.69, 9.17) is 0 Å². The van der Waals surface area contributed by atoms with Crippen LogP contribution in [0.1, 0.15) is 147 Å². The molecule has 1 saturated heterocycles. The lowest BCUT2D eigenvalue weighted by atomic mass is 9.91. The van der Waals surface area contributed by atoms with Crippen molar-refractivity contribution < 1.29 is 57.8 Å². The minimum Gasteiger partial charge on any atom is -0.391 e. The lowest BCUT2D eigenvalue weighted by molar-refractivity contribution is -0.152. The van der Waals surface area contributed by atoms with Gasteiger partial charge < -0.3 is 55.8 Å². The molecule has 1 aliphatic heterocycles. The highest BCUT2D eigenvalue weighted by atomic mass is 16.3. The summed E-state index contributed by atoms with van der Waals surface area (Å²) in [5, 5.41) is 22.8. The molecule has 2 aromatic rings. The van der Waals surface area contributed by atoms with Crippen molar-refractivity contribution in [3.8, 4) is 0 Å². The lowest BCUT2D eigenvalue weighted by Gasteiger charge is -2.38. The number of aliphatic hydroxyl groups excluding tert-OH is 1. The normalized spacial score (nSPS) is 26.7. The van der Waals surface area contributed by atoms with E-state index in [1.165, 1.54) is 92.5 Å². The molecule has 0 radical (unpaired) electrons. The molecule has 3 rings (SSSR count). The summed E-state index contributed by atoms with van der Waals surface area (Å²) in [6.07, 6.45) is -0.851. The van der Waals surface area contributed by atoms with Crippen LogP contribution in [-0.4, -0.2) is 233 Å². The molecule has 1 fully saturated rings. The van der Waals surface area contributed by atoms with Crippen molar-refractivity contribution in [3.05, 3.63) is 71.8 Å². The van der Waals surface area contributed by atoms with E-state index in [0.29, 0.717) is 24.0 Å². The first-order valence-electron chi connectivity index (χ1n) is 33.6. The molecule has 0 aromatic heterocycles. The third-order valence-corrected chi connectivity index (χ3v) is 18.2. The molecule has 23 heteroatoms. The Morgan fingerprint density at radius 2 is 0.957 bits per heavy atom. The van der Waals surface area contributed by atoms with Gasteiger partial charge in [0, 0.05) is 80.6 Å². The van der Waals surface area contributed by atoms with Crippen molar-refractivity contribution in [3.63, 3.8) is 0 Å². The molecule has 13 atom stereocenters. The average molecular weight is 1310 g/mol. The second-order valence-electron chi connectivity index (χ2n) is 28.1. The number of nitrogens with one attached hydrogen (secondary N) is 4. The summed E-state index contributed by atoms with van der Waals surface area (Å²) < 4.78 is 0. The number of ketones is 1. The number of Topliss-reactive ketones (excluding diaryl/α,β-unsaturated/α-hetero) is 1. The Kier molecular flexibility index (Phi) is 32.5. The van der Waals surface area contributed by atoms with Crippen LogP contribution < -0.4 is 21.3 Å². The quantitative estimate of drug-likeness (QED) is 0.174. The molecule has 5 N–H and O–H groups in total. The predicted octanol–water partition coefficient (Wildman–Crippen LogP) is 4.56. The summed E-state index contributed by atoms with van der Waals surface area (Å²) in [6, 6.07) is 6.93. The number of carbonyl (C=O) groups excluding carboxylic acids is 11. The summed E-state index contributed by atoms with van der Waals surface area (Å²) in [5.74, 6) is -7.78. The average Bonchev–Trinajstić information content (AvgIpc) is 0.832. The van der Waals surface area contributed by atoms with Gasteiger partial charge in [0.1, 0.15) is 42.3 Å². The first kappa shape index (κ1) is 81.0. The minimum absolute atomic E-state index is 0.00361. The number of rotatable bonds is 14. The summed E-state index contributed by atoms with van der Waals surface area (Å²) in [7, 11) is 10.6. The second-order valence-corrected chi connectivity index (χ2v) is 28.1. The van der Waals surface area contributed by atoms with Gasteiger partial charge in [-0.3, -0.25) is 57.6 Å². The van der Waals surface area contributed by atoms with Gasteiger partial charge in [0.25, 0.3) is 0 Å². The highest BCUT2D eigenvalue weighted by molar-refractivity contribution is 5.97. The Balaban J connectivity index is 2.26. The van der Waals surface area contributed by atoms with E-state index in [0.717, 1.165) is 0 Å². The van der Waals surface area contributed by atoms with E-state index >= 15 is 9.59 Å². The zero-order valence-corrected chi connectivity index (χ0v) is 60.2. The lowest BCUT2D eigenvalue weighted by Crippen LogP contribution is -2.60. The maximum Gasteiger partial charge on any atom is 0.246 e. The van der Waals surface area contributed by atoms with Crippen LogP contribution in [0, 0.1) is 35.5 Å². The molecular formula is C71H115N11O12. The van der Waals surface area contributed by atoms with Crippen LogP contribution in [0.2, 0.25) is 0 Å². The molecule has 0 spiro atoms. The number of hydrogen-bond donors (Lipinski definition) is 5. The molecular weight excluding hydrogens is 1200 g/mol. The highest BCUT2D eigenvalue weighted by Gasteiger charge is 2.43. The fourth-order valence-electron chi connectivity index (χ4n) is 12.1. The molecule has 23 nitrogen and oxygen atoms in total. The fraction of sp³-hybridized carbons (Fsp3) is 0.676. The van der Waals surface area contributed by atoms with Crippen molar-refractivity contribution in [2.24, 2.45) is 35.5 Å². The maximum absolute atomic E-state index is 15.2. The van der Waals surface area contributed by atoms with Crippen LogP contribution >= 0.6 is 0 Å². The zero-order valence-electron chi connectivity index (χ0n) is 60.2. The Hall–Kier alpha value is -7.27. The third kappa shape index (κ3) is 23.6. The van der Waals surface area contributed by atoms with Crippen molar-refractivity contribution in [2.75, 3.05) is 62.4 Å². The Labute approximate surface area is 560 Å². The van der Waals surface area contributed by atoms with Gasteiger partial charge in [-0.2, -0.15) is 0 Å². The predicted molar refractivity (Wildman–Crippen MR) is 364 cm³/mol. The molecule has 10 amide bonds. The number of aliphatic hydroxyl groups is 1. The molecule has 1 heterocycles. The first-order valence-corrected chi connectivity index (χ1v) is 33.6. The number of amides is 10. The monoisotopic (exact) mass is 1310 g/mol. The van der Waals surface area contributed by atoms with Gasteiger partial charge in [-0.1, -0.05) is 136 Å². The van der Waals surface area contributed by atoms with Crippen LogP contribution in [0.15, 0.2) is 60.7 Å². The molecule has 526 valence electrons. The number of benzene rings is 2. The number of nitrogens with zero attached hydrogens (tertiary/aromatic N) is 7. The van der Waals surface area contributed by atoms with Gasteiger partial charge >= 0.3 is 0 Å². The molecule has 2 aromatic carbocycles. The van der Waals surface area contributed by atoms with E-state index in [2.05, 4.69) is 21.3 Å². The largest absolute Gasteiger partial charge is 0.391 e. The maximum atomic E-state index is 15.2. The Bertz CT molecular complexity index is 2850. The standard InChI is InChI=1S/C71H115N11O12/c1-22-46(10)63-59(84)41-76(15)40-53(33-42(2)3)65(88)73-48(12)67(90)80(19)57(35-44(6)7)69(92)79(18)55(37-51-29-25-23-26-30-51)66(89)74-54(50(14)83)39-61(86)78(17)58(38-52-31-27-24-28-32-52)70(93)81(20)56(34-43(4)5)68(91)77(16)49(13)64(87)72-47(11)36-60(85)75-62(45(8)9)71(94)82(63)21/h23-32,42-50,53-58,62-63,83H,22,33-41H2,1-21H3,(H,72,87)(H,73,88)(H,74,89)(H,75,85)/t46-,47-,48-,49-,50+,53+,54+,55-,56-,57-,58-,62+,63-/m0/s1. The Morgan fingerprint density at radius 1 is 0.489 bits per heavy atom. The van der Waals surface area contributed by atoms with E-state index in [-0.39, 0.29) is 74.6 Å². The minimum atomic E-state index is -1.34. The summed E-state index contributed by atoms with van der Waals surface area (Å²) >= 11 is 0. The highest BCUT2D eigenvalue weighted by Crippen LogP contribution is 2.24. The first-order chi connectivity index (χ1) is 43.8. The smallest absolute Gasteiger partial charge is 0.246 e. The SMILES string of the molecule is CC[C@H](C)[C@H]1C(=O)CN(C)C[C@@H](CC(C)C)C(=O)N[C@@H](C)C(=O)N(C)[C@@H](CC(C)C)C(=O)N(C)[C@@H](Cc2ccccc2)C(=O)N[C@@H]([C@@H](C)O)CC(=O)N(C)[C@@H](Cc2ccccc2)C(=O)N(C)[C@@H](CC(C)C)C(=O)N(C)[C@@H](C)C(=O)N[C@@H](C)CC(=O)N[C@H](C(C)C)C(=O)N1C. The number of carbonyl (C=O) groups is 11. The van der Waals surface area contributed by atoms with E-state index < -0.39 is 144 Å². The van der Waals surface area contributed by atoms with Gasteiger partial charge in [-0.15, -0.1) is 0 Å². The van der Waals surface area contributed by atoms with Gasteiger partial charge in [-0.05, 0) is 94.7 Å². The summed E-state index contributed by atoms with van der Waals surface area (Å²) in [4.78, 5) is 170. The van der Waals surface area contributed by atoms with Crippen LogP contribution in [0.3, 0.4) is 0 Å². The number of likely N-dealkylation sites (N-methyl/N-ethyl adjacent to an activating group) is 7. The molecule has 94 heavy (non-hydrogen) atoms. The Morgan fingerprint density at radius 3 is 1.44 bits per heavy atom. The topological polar surface area (TPSA) is 279 Å². The molecule has 0 aliphatic carbocycles. The van der Waals surface area contributed by atoms with Crippen LogP contribution in [0.4, 0.5) is 0 Å². The van der Waals surface area contributed by atoms with Crippen LogP contribution in [0.5, 0.6) is 0 Å². The summed E-state index contributed by atoms with van der Waals surface area (Å²) in [5.41, 5.74) is 1.37.